The van der Waals surface area contributed by atoms with Crippen molar-refractivity contribution < 1.29 is 24.0 Å². The number of amides is 1. The summed E-state index contributed by atoms with van der Waals surface area (Å²) in [7, 11) is 2.62. The summed E-state index contributed by atoms with van der Waals surface area (Å²) in [6, 6.07) is 2.33. The number of hydrogen-bond acceptors (Lipinski definition) is 6. The van der Waals surface area contributed by atoms with Gasteiger partial charge in [0.2, 0.25) is 0 Å². The fourth-order valence-corrected chi connectivity index (χ4v) is 1.73. The van der Waals surface area contributed by atoms with Crippen molar-refractivity contribution in [3.05, 3.63) is 27.8 Å². The number of nitro groups is 1. The number of benzene rings is 1. The average molecular weight is 266 g/mol. The smallest absolute Gasteiger partial charge is 0.344 e. The summed E-state index contributed by atoms with van der Waals surface area (Å²) < 4.78 is 9.61. The molecule has 1 amide bonds. The highest BCUT2D eigenvalue weighted by atomic mass is 16.6. The predicted octanol–water partition coefficient (Wildman–Crippen LogP) is 0.737. The number of fused-ring (bicyclic) bond motifs is 1. The predicted molar refractivity (Wildman–Crippen MR) is 63.3 cm³/mol. The summed E-state index contributed by atoms with van der Waals surface area (Å²) in [5.41, 5.74) is -0.355. The topological polar surface area (TPSA) is 99.0 Å². The van der Waals surface area contributed by atoms with Gasteiger partial charge in [0.15, 0.2) is 12.4 Å². The van der Waals surface area contributed by atoms with E-state index in [9.17, 15) is 19.7 Å². The summed E-state index contributed by atoms with van der Waals surface area (Å²) in [5.74, 6) is -0.973. The molecule has 0 aromatic heterocycles. The highest BCUT2D eigenvalue weighted by Gasteiger charge is 2.30. The van der Waals surface area contributed by atoms with Gasteiger partial charge in [-0.2, -0.15) is 0 Å². The fourth-order valence-electron chi connectivity index (χ4n) is 1.73. The minimum Gasteiger partial charge on any atom is -0.481 e. The summed E-state index contributed by atoms with van der Waals surface area (Å²) in [6.45, 7) is -0.196. The molecule has 0 saturated carbocycles. The second-order valence-corrected chi connectivity index (χ2v) is 3.83. The zero-order valence-electron chi connectivity index (χ0n) is 10.2. The fraction of sp³-hybridized carbons (Fsp3) is 0.273. The molecule has 0 saturated heterocycles. The molecule has 1 aromatic carbocycles. The molecule has 0 unspecified atom stereocenters. The van der Waals surface area contributed by atoms with Crippen LogP contribution in [0.25, 0.3) is 0 Å². The second kappa shape index (κ2) is 4.56. The first-order valence-electron chi connectivity index (χ1n) is 5.25. The Morgan fingerprint density at radius 2 is 2.21 bits per heavy atom. The Balaban J connectivity index is 2.63. The Morgan fingerprint density at radius 3 is 2.79 bits per heavy atom. The first-order chi connectivity index (χ1) is 8.95. The molecule has 100 valence electrons. The number of rotatable bonds is 2. The van der Waals surface area contributed by atoms with E-state index in [1.54, 1.807) is 0 Å². The van der Waals surface area contributed by atoms with E-state index in [0.29, 0.717) is 5.69 Å². The third-order valence-corrected chi connectivity index (χ3v) is 2.77. The molecule has 2 rings (SSSR count). The van der Waals surface area contributed by atoms with Gasteiger partial charge in [0.1, 0.15) is 5.56 Å². The molecule has 0 N–H and O–H groups in total. The highest BCUT2D eigenvalue weighted by molar-refractivity contribution is 6.01. The zero-order chi connectivity index (χ0) is 14.2. The number of anilines is 1. The summed E-state index contributed by atoms with van der Waals surface area (Å²) in [6.07, 6.45) is 0. The number of hydrogen-bond donors (Lipinski definition) is 0. The van der Waals surface area contributed by atoms with E-state index in [-0.39, 0.29) is 23.8 Å². The lowest BCUT2D eigenvalue weighted by atomic mass is 10.1. The van der Waals surface area contributed by atoms with Crippen molar-refractivity contribution in [2.75, 3.05) is 25.7 Å². The maximum Gasteiger partial charge on any atom is 0.344 e. The first-order valence-corrected chi connectivity index (χ1v) is 5.25. The van der Waals surface area contributed by atoms with Crippen LogP contribution in [0.4, 0.5) is 11.4 Å². The van der Waals surface area contributed by atoms with Crippen molar-refractivity contribution in [2.24, 2.45) is 0 Å². The van der Waals surface area contributed by atoms with E-state index in [4.69, 9.17) is 4.74 Å². The molecule has 0 atom stereocenters. The number of carbonyl (C=O) groups excluding carboxylic acids is 2. The van der Waals surface area contributed by atoms with Gasteiger partial charge in [-0.1, -0.05) is 0 Å². The van der Waals surface area contributed by atoms with E-state index in [1.165, 1.54) is 18.0 Å². The van der Waals surface area contributed by atoms with E-state index >= 15 is 0 Å². The molecule has 1 aliphatic heterocycles. The van der Waals surface area contributed by atoms with Crippen molar-refractivity contribution in [3.8, 4) is 5.75 Å². The minimum atomic E-state index is -0.846. The van der Waals surface area contributed by atoms with Crippen LogP contribution in [0.2, 0.25) is 0 Å². The minimum absolute atomic E-state index is 0.182. The lowest BCUT2D eigenvalue weighted by Crippen LogP contribution is -2.35. The van der Waals surface area contributed by atoms with Gasteiger partial charge in [0.05, 0.1) is 23.8 Å². The number of ether oxygens (including phenoxy) is 2. The van der Waals surface area contributed by atoms with Crippen molar-refractivity contribution >= 4 is 23.3 Å². The third kappa shape index (κ3) is 2.07. The van der Waals surface area contributed by atoms with E-state index in [0.717, 1.165) is 13.2 Å². The van der Waals surface area contributed by atoms with Gasteiger partial charge >= 0.3 is 5.97 Å². The molecule has 1 heterocycles. The molecule has 0 bridgehead atoms. The number of carbonyl (C=O) groups is 2. The summed E-state index contributed by atoms with van der Waals surface area (Å²) in [4.78, 5) is 34.5. The summed E-state index contributed by atoms with van der Waals surface area (Å²) in [5, 5.41) is 10.9. The molecule has 1 aromatic rings. The Morgan fingerprint density at radius 1 is 1.53 bits per heavy atom. The molecular weight excluding hydrogens is 256 g/mol. The van der Waals surface area contributed by atoms with Crippen LogP contribution in [-0.4, -0.2) is 37.6 Å². The largest absolute Gasteiger partial charge is 0.481 e. The SMILES string of the molecule is COC(=O)c1cc2c(cc1[N+](=O)[O-])OCC(=O)N2C. The van der Waals surface area contributed by atoms with Gasteiger partial charge in [-0.3, -0.25) is 14.9 Å². The van der Waals surface area contributed by atoms with Crippen LogP contribution >= 0.6 is 0 Å². The first kappa shape index (κ1) is 12.8. The van der Waals surface area contributed by atoms with E-state index in [2.05, 4.69) is 4.74 Å². The number of likely N-dealkylation sites (N-methyl/N-ethyl adjacent to an activating group) is 1. The quantitative estimate of drug-likeness (QED) is 0.444. The standard InChI is InChI=1S/C11H10N2O6/c1-12-8-3-6(11(15)18-2)7(13(16)17)4-9(8)19-5-10(12)14/h3-4H,5H2,1-2H3. The van der Waals surface area contributed by atoms with Crippen LogP contribution in [0.3, 0.4) is 0 Å². The van der Waals surface area contributed by atoms with E-state index in [1.807, 2.05) is 0 Å². The average Bonchev–Trinajstić information content (AvgIpc) is 2.40. The van der Waals surface area contributed by atoms with Gasteiger partial charge in [-0.25, -0.2) is 4.79 Å². The molecule has 8 nitrogen and oxygen atoms in total. The van der Waals surface area contributed by atoms with Gasteiger partial charge in [-0.05, 0) is 6.07 Å². The third-order valence-electron chi connectivity index (χ3n) is 2.77. The molecule has 1 aliphatic rings. The van der Waals surface area contributed by atoms with Gasteiger partial charge in [-0.15, -0.1) is 0 Å². The Hall–Kier alpha value is -2.64. The zero-order valence-corrected chi connectivity index (χ0v) is 10.2. The Labute approximate surface area is 107 Å². The van der Waals surface area contributed by atoms with Crippen molar-refractivity contribution in [1.29, 1.82) is 0 Å². The van der Waals surface area contributed by atoms with Crippen molar-refractivity contribution in [1.82, 2.24) is 0 Å². The van der Waals surface area contributed by atoms with E-state index < -0.39 is 16.6 Å². The molecule has 0 spiro atoms. The number of esters is 1. The number of methoxy groups -OCH3 is 1. The Bertz CT molecular complexity index is 583. The van der Waals surface area contributed by atoms with Gasteiger partial charge in [0, 0.05) is 7.05 Å². The number of nitrogens with zero attached hydrogens (tertiary/aromatic N) is 2. The molecule has 0 fully saturated rings. The second-order valence-electron chi connectivity index (χ2n) is 3.83. The van der Waals surface area contributed by atoms with Crippen molar-refractivity contribution in [3.63, 3.8) is 0 Å². The van der Waals surface area contributed by atoms with Gasteiger partial charge in [0.25, 0.3) is 11.6 Å². The monoisotopic (exact) mass is 266 g/mol. The van der Waals surface area contributed by atoms with Crippen LogP contribution in [0, 0.1) is 10.1 Å². The van der Waals surface area contributed by atoms with Crippen LogP contribution in [0.5, 0.6) is 5.75 Å². The lowest BCUT2D eigenvalue weighted by molar-refractivity contribution is -0.385. The van der Waals surface area contributed by atoms with Crippen LogP contribution in [0.15, 0.2) is 12.1 Å². The van der Waals surface area contributed by atoms with Crippen LogP contribution < -0.4 is 9.64 Å². The normalized spacial score (nSPS) is 13.6. The maximum atomic E-state index is 11.5. The van der Waals surface area contributed by atoms with Gasteiger partial charge < -0.3 is 14.4 Å². The highest BCUT2D eigenvalue weighted by Crippen LogP contribution is 2.37. The molecule has 19 heavy (non-hydrogen) atoms. The maximum absolute atomic E-state index is 11.5. The molecule has 8 heteroatoms. The lowest BCUT2D eigenvalue weighted by Gasteiger charge is -2.26. The van der Waals surface area contributed by atoms with Crippen LogP contribution in [-0.2, 0) is 9.53 Å². The Kier molecular flexibility index (Phi) is 3.07. The molecule has 0 aliphatic carbocycles. The van der Waals surface area contributed by atoms with Crippen LogP contribution in [0.1, 0.15) is 10.4 Å². The summed E-state index contributed by atoms with van der Waals surface area (Å²) >= 11 is 0. The van der Waals surface area contributed by atoms with Crippen molar-refractivity contribution in [2.45, 2.75) is 0 Å². The number of nitro benzene ring substituents is 1. The molecule has 0 radical (unpaired) electrons. The molecular formula is C11H10N2O6.